The second-order valence-electron chi connectivity index (χ2n) is 4.87. The molecule has 2 rings (SSSR count). The summed E-state index contributed by atoms with van der Waals surface area (Å²) in [6.07, 6.45) is 10.4. The summed E-state index contributed by atoms with van der Waals surface area (Å²) in [5.74, 6) is 1.28. The van der Waals surface area contributed by atoms with E-state index in [2.05, 4.69) is 9.97 Å². The van der Waals surface area contributed by atoms with Crippen molar-refractivity contribution in [2.24, 2.45) is 5.73 Å². The number of hydrogen-bond acceptors (Lipinski definition) is 3. The molecule has 0 spiro atoms. The van der Waals surface area contributed by atoms with Gasteiger partial charge in [0.25, 0.3) is 5.56 Å². The largest absolute Gasteiger partial charge is 0.326 e. The highest BCUT2D eigenvalue weighted by atomic mass is 16.1. The number of nitrogens with two attached hydrogens (primary N) is 1. The summed E-state index contributed by atoms with van der Waals surface area (Å²) in [5, 5.41) is 0. The van der Waals surface area contributed by atoms with Crippen molar-refractivity contribution in [2.75, 3.05) is 0 Å². The van der Waals surface area contributed by atoms with Gasteiger partial charge >= 0.3 is 0 Å². The van der Waals surface area contributed by atoms with Crippen LogP contribution in [0.4, 0.5) is 0 Å². The summed E-state index contributed by atoms with van der Waals surface area (Å²) in [7, 11) is 0. The summed E-state index contributed by atoms with van der Waals surface area (Å²) in [5.41, 5.74) is 5.96. The molecular formula is C13H21N3O. The predicted octanol–water partition coefficient (Wildman–Crippen LogP) is 2.06. The monoisotopic (exact) mass is 235 g/mol. The van der Waals surface area contributed by atoms with Gasteiger partial charge in [-0.3, -0.25) is 4.79 Å². The SMILES string of the molecule is NCc1cnc(C2CCCCCCC2)[nH]c1=O. The summed E-state index contributed by atoms with van der Waals surface area (Å²) in [6, 6.07) is 0. The summed E-state index contributed by atoms with van der Waals surface area (Å²) in [6.45, 7) is 0.257. The molecule has 0 radical (unpaired) electrons. The molecule has 1 aliphatic carbocycles. The van der Waals surface area contributed by atoms with Crippen molar-refractivity contribution in [3.63, 3.8) is 0 Å². The van der Waals surface area contributed by atoms with E-state index >= 15 is 0 Å². The highest BCUT2D eigenvalue weighted by Gasteiger charge is 2.16. The molecule has 3 N–H and O–H groups in total. The van der Waals surface area contributed by atoms with Crippen LogP contribution in [0.25, 0.3) is 0 Å². The lowest BCUT2D eigenvalue weighted by Gasteiger charge is -2.18. The highest BCUT2D eigenvalue weighted by molar-refractivity contribution is 5.07. The first-order valence-corrected chi connectivity index (χ1v) is 6.59. The molecule has 0 bridgehead atoms. The van der Waals surface area contributed by atoms with E-state index in [-0.39, 0.29) is 12.1 Å². The van der Waals surface area contributed by atoms with Gasteiger partial charge in [-0.1, -0.05) is 32.1 Å². The Labute approximate surface area is 102 Å². The third kappa shape index (κ3) is 3.16. The molecule has 4 nitrogen and oxygen atoms in total. The number of rotatable bonds is 2. The van der Waals surface area contributed by atoms with Crippen LogP contribution in [0.1, 0.15) is 62.3 Å². The van der Waals surface area contributed by atoms with E-state index in [0.29, 0.717) is 11.5 Å². The third-order valence-electron chi connectivity index (χ3n) is 3.60. The Morgan fingerprint density at radius 2 is 1.88 bits per heavy atom. The molecule has 0 aliphatic heterocycles. The summed E-state index contributed by atoms with van der Waals surface area (Å²) >= 11 is 0. The lowest BCUT2D eigenvalue weighted by Crippen LogP contribution is -2.20. The molecule has 0 saturated heterocycles. The molecule has 1 fully saturated rings. The van der Waals surface area contributed by atoms with Crippen LogP contribution >= 0.6 is 0 Å². The summed E-state index contributed by atoms with van der Waals surface area (Å²) in [4.78, 5) is 19.0. The first kappa shape index (κ1) is 12.3. The highest BCUT2D eigenvalue weighted by Crippen LogP contribution is 2.28. The molecule has 1 aromatic rings. The summed E-state index contributed by atoms with van der Waals surface area (Å²) < 4.78 is 0. The Kier molecular flexibility index (Phi) is 4.31. The minimum absolute atomic E-state index is 0.0699. The average molecular weight is 235 g/mol. The maximum atomic E-state index is 11.7. The topological polar surface area (TPSA) is 71.8 Å². The number of aromatic amines is 1. The zero-order valence-corrected chi connectivity index (χ0v) is 10.2. The van der Waals surface area contributed by atoms with Crippen molar-refractivity contribution in [1.29, 1.82) is 0 Å². The van der Waals surface area contributed by atoms with Crippen molar-refractivity contribution in [3.8, 4) is 0 Å². The first-order valence-electron chi connectivity index (χ1n) is 6.59. The lowest BCUT2D eigenvalue weighted by atomic mass is 9.90. The van der Waals surface area contributed by atoms with Gasteiger partial charge in [-0.05, 0) is 12.8 Å². The van der Waals surface area contributed by atoms with E-state index in [4.69, 9.17) is 5.73 Å². The molecule has 0 atom stereocenters. The van der Waals surface area contributed by atoms with Gasteiger partial charge in [0, 0.05) is 24.2 Å². The van der Waals surface area contributed by atoms with Crippen LogP contribution in [-0.2, 0) is 6.54 Å². The van der Waals surface area contributed by atoms with Crippen LogP contribution in [0.5, 0.6) is 0 Å². The van der Waals surface area contributed by atoms with E-state index in [1.54, 1.807) is 6.20 Å². The van der Waals surface area contributed by atoms with E-state index in [9.17, 15) is 4.79 Å². The van der Waals surface area contributed by atoms with Gasteiger partial charge in [0.1, 0.15) is 5.82 Å². The van der Waals surface area contributed by atoms with Gasteiger partial charge in [0.15, 0.2) is 0 Å². The van der Waals surface area contributed by atoms with Crippen LogP contribution < -0.4 is 11.3 Å². The molecule has 17 heavy (non-hydrogen) atoms. The van der Waals surface area contributed by atoms with Crippen LogP contribution in [0.2, 0.25) is 0 Å². The molecule has 0 unspecified atom stereocenters. The fourth-order valence-electron chi connectivity index (χ4n) is 2.52. The molecule has 94 valence electrons. The number of H-pyrrole nitrogens is 1. The zero-order valence-electron chi connectivity index (χ0n) is 10.2. The maximum Gasteiger partial charge on any atom is 0.255 e. The van der Waals surface area contributed by atoms with Crippen molar-refractivity contribution in [2.45, 2.75) is 57.4 Å². The van der Waals surface area contributed by atoms with Crippen molar-refractivity contribution < 1.29 is 0 Å². The van der Waals surface area contributed by atoms with Gasteiger partial charge in [0.05, 0.1) is 0 Å². The standard InChI is InChI=1S/C13H21N3O/c14-8-11-9-15-12(16-13(11)17)10-6-4-2-1-3-5-7-10/h9-10H,1-8,14H2,(H,15,16,17). The Hall–Kier alpha value is -1.16. The Morgan fingerprint density at radius 1 is 1.24 bits per heavy atom. The van der Waals surface area contributed by atoms with Gasteiger partial charge in [-0.2, -0.15) is 0 Å². The lowest BCUT2D eigenvalue weighted by molar-refractivity contribution is 0.441. The van der Waals surface area contributed by atoms with Crippen LogP contribution in [0.3, 0.4) is 0 Å². The van der Waals surface area contributed by atoms with E-state index < -0.39 is 0 Å². The second-order valence-corrected chi connectivity index (χ2v) is 4.87. The molecule has 4 heteroatoms. The van der Waals surface area contributed by atoms with Gasteiger partial charge in [-0.25, -0.2) is 4.98 Å². The average Bonchev–Trinajstić information content (AvgIpc) is 2.28. The Bertz CT molecular complexity index is 405. The first-order chi connectivity index (χ1) is 8.31. The molecule has 0 amide bonds. The van der Waals surface area contributed by atoms with Crippen LogP contribution in [0.15, 0.2) is 11.0 Å². The van der Waals surface area contributed by atoms with E-state index in [1.165, 1.54) is 32.1 Å². The second kappa shape index (κ2) is 5.96. The van der Waals surface area contributed by atoms with E-state index in [0.717, 1.165) is 18.7 Å². The van der Waals surface area contributed by atoms with E-state index in [1.807, 2.05) is 0 Å². The number of aromatic nitrogens is 2. The minimum atomic E-state index is -0.0699. The molecule has 1 heterocycles. The molecule has 0 aromatic carbocycles. The van der Waals surface area contributed by atoms with Crippen molar-refractivity contribution >= 4 is 0 Å². The quantitative estimate of drug-likeness (QED) is 0.824. The minimum Gasteiger partial charge on any atom is -0.326 e. The number of nitrogens with one attached hydrogen (secondary N) is 1. The normalized spacial score (nSPS) is 18.6. The van der Waals surface area contributed by atoms with Crippen LogP contribution in [-0.4, -0.2) is 9.97 Å². The van der Waals surface area contributed by atoms with Gasteiger partial charge in [-0.15, -0.1) is 0 Å². The fraction of sp³-hybridized carbons (Fsp3) is 0.692. The van der Waals surface area contributed by atoms with Crippen molar-refractivity contribution in [3.05, 3.63) is 27.9 Å². The molecule has 1 aromatic heterocycles. The van der Waals surface area contributed by atoms with Gasteiger partial charge < -0.3 is 10.7 Å². The number of hydrogen-bond donors (Lipinski definition) is 2. The fourth-order valence-corrected chi connectivity index (χ4v) is 2.52. The molecule has 1 aliphatic rings. The Morgan fingerprint density at radius 3 is 2.47 bits per heavy atom. The smallest absolute Gasteiger partial charge is 0.255 e. The predicted molar refractivity (Wildman–Crippen MR) is 67.8 cm³/mol. The molecule has 1 saturated carbocycles. The van der Waals surface area contributed by atoms with Gasteiger partial charge in [0.2, 0.25) is 0 Å². The van der Waals surface area contributed by atoms with Crippen molar-refractivity contribution in [1.82, 2.24) is 9.97 Å². The molecular weight excluding hydrogens is 214 g/mol. The number of nitrogens with zero attached hydrogens (tertiary/aromatic N) is 1. The maximum absolute atomic E-state index is 11.7. The zero-order chi connectivity index (χ0) is 12.1. The third-order valence-corrected chi connectivity index (χ3v) is 3.60. The Balaban J connectivity index is 2.14. The van der Waals surface area contributed by atoms with Crippen LogP contribution in [0, 0.1) is 0 Å².